The molecular formula is C12H16F3NO. The molecule has 0 spiro atoms. The molecule has 0 atom stereocenters. The maximum Gasteiger partial charge on any atom is 0.418 e. The number of hydrogen-bond donors (Lipinski definition) is 1. The van der Waals surface area contributed by atoms with E-state index < -0.39 is 11.7 Å². The molecule has 0 saturated carbocycles. The molecule has 0 saturated heterocycles. The van der Waals surface area contributed by atoms with Gasteiger partial charge in [0, 0.05) is 19.3 Å². The van der Waals surface area contributed by atoms with E-state index in [-0.39, 0.29) is 17.9 Å². The predicted molar refractivity (Wildman–Crippen MR) is 60.9 cm³/mol. The fourth-order valence-corrected chi connectivity index (χ4v) is 1.70. The van der Waals surface area contributed by atoms with E-state index >= 15 is 0 Å². The predicted octanol–water partition coefficient (Wildman–Crippen LogP) is 3.04. The van der Waals surface area contributed by atoms with Crippen LogP contribution in [0.5, 0.6) is 0 Å². The van der Waals surface area contributed by atoms with Crippen LogP contribution >= 0.6 is 0 Å². The number of aliphatic hydroxyl groups excluding tert-OH is 1. The van der Waals surface area contributed by atoms with Crippen molar-refractivity contribution < 1.29 is 18.3 Å². The van der Waals surface area contributed by atoms with Crippen LogP contribution in [0.15, 0.2) is 18.2 Å². The number of aliphatic hydroxyl groups is 1. The zero-order valence-corrected chi connectivity index (χ0v) is 9.88. The van der Waals surface area contributed by atoms with Gasteiger partial charge in [-0.25, -0.2) is 0 Å². The highest BCUT2D eigenvalue weighted by Gasteiger charge is 2.34. The van der Waals surface area contributed by atoms with E-state index in [2.05, 4.69) is 0 Å². The first-order chi connectivity index (χ1) is 7.90. The Morgan fingerprint density at radius 3 is 2.41 bits per heavy atom. The number of benzene rings is 1. The fourth-order valence-electron chi connectivity index (χ4n) is 1.70. The lowest BCUT2D eigenvalue weighted by atomic mass is 10.1. The molecule has 1 N–H and O–H groups in total. The molecule has 0 aliphatic heterocycles. The molecule has 1 aromatic carbocycles. The smallest absolute Gasteiger partial charge is 0.392 e. The second-order valence-corrected chi connectivity index (χ2v) is 3.93. The van der Waals surface area contributed by atoms with Gasteiger partial charge in [-0.2, -0.15) is 13.2 Å². The lowest BCUT2D eigenvalue weighted by Crippen LogP contribution is -2.22. The molecule has 0 amide bonds. The van der Waals surface area contributed by atoms with E-state index in [0.717, 1.165) is 12.5 Å². The third kappa shape index (κ3) is 3.36. The van der Waals surface area contributed by atoms with E-state index in [4.69, 9.17) is 5.11 Å². The van der Waals surface area contributed by atoms with Gasteiger partial charge in [0.1, 0.15) is 0 Å². The normalized spacial score (nSPS) is 11.6. The molecular weight excluding hydrogens is 231 g/mol. The minimum atomic E-state index is -4.40. The van der Waals surface area contributed by atoms with Crippen LogP contribution in [0.1, 0.15) is 24.5 Å². The zero-order chi connectivity index (χ0) is 13.1. The molecule has 0 fully saturated rings. The van der Waals surface area contributed by atoms with Crippen LogP contribution in [-0.2, 0) is 12.8 Å². The Morgan fingerprint density at radius 1 is 1.29 bits per heavy atom. The molecule has 0 aromatic heterocycles. The molecule has 0 aliphatic rings. The summed E-state index contributed by atoms with van der Waals surface area (Å²) in [7, 11) is 1.63. The van der Waals surface area contributed by atoms with Gasteiger partial charge in [-0.1, -0.05) is 13.0 Å². The summed E-state index contributed by atoms with van der Waals surface area (Å²) < 4.78 is 38.6. The van der Waals surface area contributed by atoms with E-state index in [0.29, 0.717) is 6.54 Å². The molecule has 0 radical (unpaired) electrons. The van der Waals surface area contributed by atoms with Crippen molar-refractivity contribution >= 4 is 5.69 Å². The standard InChI is InChI=1S/C12H16F3NO/c1-3-6-16(2)11-5-4-9(8-17)7-10(11)12(13,14)15/h4-5,7,17H,3,6,8H2,1-2H3. The van der Waals surface area contributed by atoms with Gasteiger partial charge in [0.25, 0.3) is 0 Å². The minimum Gasteiger partial charge on any atom is -0.392 e. The van der Waals surface area contributed by atoms with Crippen molar-refractivity contribution in [3.8, 4) is 0 Å². The summed E-state index contributed by atoms with van der Waals surface area (Å²) in [5, 5.41) is 8.88. The van der Waals surface area contributed by atoms with Crippen LogP contribution in [0.3, 0.4) is 0 Å². The van der Waals surface area contributed by atoms with E-state index in [1.807, 2.05) is 6.92 Å². The van der Waals surface area contributed by atoms with Crippen LogP contribution in [0.25, 0.3) is 0 Å². The third-order valence-corrected chi connectivity index (χ3v) is 2.52. The number of rotatable bonds is 4. The fraction of sp³-hybridized carbons (Fsp3) is 0.500. The first-order valence-corrected chi connectivity index (χ1v) is 5.42. The lowest BCUT2D eigenvalue weighted by molar-refractivity contribution is -0.137. The van der Waals surface area contributed by atoms with E-state index in [1.165, 1.54) is 12.1 Å². The molecule has 5 heteroatoms. The summed E-state index contributed by atoms with van der Waals surface area (Å²) in [4.78, 5) is 1.57. The Hall–Kier alpha value is -1.23. The van der Waals surface area contributed by atoms with Crippen LogP contribution in [-0.4, -0.2) is 18.7 Å². The van der Waals surface area contributed by atoms with Gasteiger partial charge >= 0.3 is 6.18 Å². The van der Waals surface area contributed by atoms with Gasteiger partial charge in [-0.3, -0.25) is 0 Å². The summed E-state index contributed by atoms with van der Waals surface area (Å²) in [6, 6.07) is 3.92. The molecule has 0 heterocycles. The van der Waals surface area contributed by atoms with Gasteiger partial charge in [-0.05, 0) is 24.1 Å². The summed E-state index contributed by atoms with van der Waals surface area (Å²) >= 11 is 0. The van der Waals surface area contributed by atoms with Crippen LogP contribution in [0.2, 0.25) is 0 Å². The van der Waals surface area contributed by atoms with Crippen molar-refractivity contribution in [2.45, 2.75) is 26.1 Å². The Morgan fingerprint density at radius 2 is 1.94 bits per heavy atom. The second-order valence-electron chi connectivity index (χ2n) is 3.93. The average molecular weight is 247 g/mol. The molecule has 1 rings (SSSR count). The van der Waals surface area contributed by atoms with Crippen molar-refractivity contribution in [2.75, 3.05) is 18.5 Å². The number of hydrogen-bond acceptors (Lipinski definition) is 2. The Kier molecular flexibility index (Phi) is 4.40. The Labute approximate surface area is 98.7 Å². The van der Waals surface area contributed by atoms with Crippen molar-refractivity contribution in [3.63, 3.8) is 0 Å². The largest absolute Gasteiger partial charge is 0.418 e. The molecule has 0 aliphatic carbocycles. The van der Waals surface area contributed by atoms with Crippen LogP contribution < -0.4 is 4.90 Å². The lowest BCUT2D eigenvalue weighted by Gasteiger charge is -2.23. The number of nitrogens with zero attached hydrogens (tertiary/aromatic N) is 1. The third-order valence-electron chi connectivity index (χ3n) is 2.52. The van der Waals surface area contributed by atoms with Gasteiger partial charge in [0.15, 0.2) is 0 Å². The SMILES string of the molecule is CCCN(C)c1ccc(CO)cc1C(F)(F)F. The molecule has 1 aromatic rings. The maximum atomic E-state index is 12.9. The topological polar surface area (TPSA) is 23.5 Å². The van der Waals surface area contributed by atoms with Crippen molar-refractivity contribution in [1.29, 1.82) is 0 Å². The van der Waals surface area contributed by atoms with E-state index in [9.17, 15) is 13.2 Å². The first-order valence-electron chi connectivity index (χ1n) is 5.42. The molecule has 0 unspecified atom stereocenters. The maximum absolute atomic E-state index is 12.9. The molecule has 2 nitrogen and oxygen atoms in total. The summed E-state index contributed by atoms with van der Waals surface area (Å²) in [6.45, 7) is 2.08. The van der Waals surface area contributed by atoms with Crippen molar-refractivity contribution in [3.05, 3.63) is 29.3 Å². The van der Waals surface area contributed by atoms with Gasteiger partial charge < -0.3 is 10.0 Å². The molecule has 17 heavy (non-hydrogen) atoms. The highest BCUT2D eigenvalue weighted by Crippen LogP contribution is 2.37. The summed E-state index contributed by atoms with van der Waals surface area (Å²) in [5.74, 6) is 0. The second kappa shape index (κ2) is 5.40. The average Bonchev–Trinajstić information content (AvgIpc) is 2.27. The quantitative estimate of drug-likeness (QED) is 0.884. The highest BCUT2D eigenvalue weighted by atomic mass is 19.4. The summed E-state index contributed by atoms with van der Waals surface area (Å²) in [5.41, 5.74) is -0.275. The van der Waals surface area contributed by atoms with Crippen LogP contribution in [0, 0.1) is 0 Å². The Balaban J connectivity index is 3.20. The van der Waals surface area contributed by atoms with Gasteiger partial charge in [0.2, 0.25) is 0 Å². The number of halogens is 3. The molecule has 0 bridgehead atoms. The summed E-state index contributed by atoms with van der Waals surface area (Å²) in [6.07, 6.45) is -3.63. The number of anilines is 1. The monoisotopic (exact) mass is 247 g/mol. The first kappa shape index (κ1) is 13.8. The van der Waals surface area contributed by atoms with E-state index in [1.54, 1.807) is 11.9 Å². The Bertz CT molecular complexity index is 377. The number of alkyl halides is 3. The van der Waals surface area contributed by atoms with Gasteiger partial charge in [-0.15, -0.1) is 0 Å². The molecule has 96 valence electrons. The van der Waals surface area contributed by atoms with Crippen molar-refractivity contribution in [2.24, 2.45) is 0 Å². The zero-order valence-electron chi connectivity index (χ0n) is 9.88. The minimum absolute atomic E-state index is 0.150. The highest BCUT2D eigenvalue weighted by molar-refractivity contribution is 5.55. The van der Waals surface area contributed by atoms with Crippen molar-refractivity contribution in [1.82, 2.24) is 0 Å². The van der Waals surface area contributed by atoms with Crippen LogP contribution in [0.4, 0.5) is 18.9 Å². The van der Waals surface area contributed by atoms with Gasteiger partial charge in [0.05, 0.1) is 12.2 Å².